The maximum atomic E-state index is 12.6. The standard InChI is InChI=1S/C18H28ClNO4S/c1-6-25(22,23)24-17-8-7-16(19)10-15(17)12-20(11-14(4)5)18(21)9-13(2)3/h7-8,10,13-14H,6,9,11-12H2,1-5H3. The molecule has 0 aromatic heterocycles. The van der Waals surface area contributed by atoms with Crippen LogP contribution >= 0.6 is 11.6 Å². The molecule has 0 saturated heterocycles. The average Bonchev–Trinajstić information content (AvgIpc) is 2.48. The molecule has 0 saturated carbocycles. The Hall–Kier alpha value is -1.27. The molecule has 1 rings (SSSR count). The van der Waals surface area contributed by atoms with Crippen molar-refractivity contribution in [2.75, 3.05) is 12.3 Å². The lowest BCUT2D eigenvalue weighted by atomic mass is 10.1. The van der Waals surface area contributed by atoms with Crippen LogP contribution < -0.4 is 4.18 Å². The topological polar surface area (TPSA) is 63.7 Å². The molecule has 0 bridgehead atoms. The fraction of sp³-hybridized carbons (Fsp3) is 0.611. The lowest BCUT2D eigenvalue weighted by Gasteiger charge is -2.26. The van der Waals surface area contributed by atoms with E-state index in [4.69, 9.17) is 15.8 Å². The number of rotatable bonds is 9. The Bertz CT molecular complexity index is 686. The molecule has 1 aromatic rings. The van der Waals surface area contributed by atoms with Crippen molar-refractivity contribution >= 4 is 27.6 Å². The summed E-state index contributed by atoms with van der Waals surface area (Å²) in [4.78, 5) is 14.3. The highest BCUT2D eigenvalue weighted by Gasteiger charge is 2.20. The van der Waals surface area contributed by atoms with Gasteiger partial charge in [-0.15, -0.1) is 0 Å². The summed E-state index contributed by atoms with van der Waals surface area (Å²) < 4.78 is 28.8. The molecular formula is C18H28ClNO4S. The van der Waals surface area contributed by atoms with Crippen molar-refractivity contribution < 1.29 is 17.4 Å². The van der Waals surface area contributed by atoms with Crippen molar-refractivity contribution in [3.8, 4) is 5.75 Å². The summed E-state index contributed by atoms with van der Waals surface area (Å²) in [5, 5.41) is 0.469. The number of nitrogens with zero attached hydrogens (tertiary/aromatic N) is 1. The third-order valence-electron chi connectivity index (χ3n) is 3.48. The monoisotopic (exact) mass is 389 g/mol. The third-order valence-corrected chi connectivity index (χ3v) is 4.85. The predicted molar refractivity (Wildman–Crippen MR) is 101 cm³/mol. The van der Waals surface area contributed by atoms with Crippen molar-refractivity contribution in [3.05, 3.63) is 28.8 Å². The Kier molecular flexibility index (Phi) is 8.22. The van der Waals surface area contributed by atoms with Crippen molar-refractivity contribution in [1.82, 2.24) is 4.90 Å². The van der Waals surface area contributed by atoms with E-state index in [1.165, 1.54) is 13.0 Å². The summed E-state index contributed by atoms with van der Waals surface area (Å²) >= 11 is 6.07. The smallest absolute Gasteiger partial charge is 0.308 e. The molecule has 0 aliphatic carbocycles. The van der Waals surface area contributed by atoms with Gasteiger partial charge in [0.25, 0.3) is 0 Å². The van der Waals surface area contributed by atoms with E-state index in [1.807, 2.05) is 27.7 Å². The number of carbonyl (C=O) groups excluding carboxylic acids is 1. The second-order valence-electron chi connectivity index (χ2n) is 6.95. The van der Waals surface area contributed by atoms with Gasteiger partial charge in [-0.1, -0.05) is 39.3 Å². The Labute approximate surface area is 156 Å². The summed E-state index contributed by atoms with van der Waals surface area (Å²) in [5.41, 5.74) is 0.585. The highest BCUT2D eigenvalue weighted by Crippen LogP contribution is 2.26. The Morgan fingerprint density at radius 3 is 2.36 bits per heavy atom. The first-order valence-electron chi connectivity index (χ1n) is 8.52. The second-order valence-corrected chi connectivity index (χ2v) is 9.24. The van der Waals surface area contributed by atoms with Crippen molar-refractivity contribution in [1.29, 1.82) is 0 Å². The molecule has 0 spiro atoms. The largest absolute Gasteiger partial charge is 0.382 e. The molecule has 0 aliphatic heterocycles. The van der Waals surface area contributed by atoms with Crippen molar-refractivity contribution in [2.24, 2.45) is 11.8 Å². The van der Waals surface area contributed by atoms with Gasteiger partial charge in [0.05, 0.1) is 5.75 Å². The first kappa shape index (κ1) is 21.8. The molecule has 0 radical (unpaired) electrons. The number of carbonyl (C=O) groups is 1. The van der Waals surface area contributed by atoms with E-state index in [9.17, 15) is 13.2 Å². The fourth-order valence-corrected chi connectivity index (χ4v) is 3.08. The van der Waals surface area contributed by atoms with Gasteiger partial charge in [-0.05, 0) is 37.0 Å². The van der Waals surface area contributed by atoms with Gasteiger partial charge in [-0.25, -0.2) is 0 Å². The van der Waals surface area contributed by atoms with E-state index in [-0.39, 0.29) is 29.9 Å². The van der Waals surface area contributed by atoms with Crippen LogP contribution in [0, 0.1) is 11.8 Å². The minimum absolute atomic E-state index is 0.0352. The van der Waals surface area contributed by atoms with Gasteiger partial charge in [0, 0.05) is 30.1 Å². The Morgan fingerprint density at radius 1 is 1.20 bits per heavy atom. The van der Waals surface area contributed by atoms with Gasteiger partial charge in [-0.3, -0.25) is 4.79 Å². The van der Waals surface area contributed by atoms with Crippen LogP contribution in [0.15, 0.2) is 18.2 Å². The molecule has 0 unspecified atom stereocenters. The van der Waals surface area contributed by atoms with Crippen LogP contribution in [0.25, 0.3) is 0 Å². The minimum atomic E-state index is -3.65. The van der Waals surface area contributed by atoms with Gasteiger partial charge in [-0.2, -0.15) is 8.42 Å². The summed E-state index contributed by atoms with van der Waals surface area (Å²) in [6.45, 7) is 10.4. The molecule has 25 heavy (non-hydrogen) atoms. The molecule has 0 heterocycles. The van der Waals surface area contributed by atoms with Crippen molar-refractivity contribution in [3.63, 3.8) is 0 Å². The van der Waals surface area contributed by atoms with Gasteiger partial charge in [0.2, 0.25) is 5.91 Å². The van der Waals surface area contributed by atoms with Gasteiger partial charge in [0.15, 0.2) is 0 Å². The zero-order valence-corrected chi connectivity index (χ0v) is 17.2. The number of benzene rings is 1. The summed E-state index contributed by atoms with van der Waals surface area (Å²) in [6.07, 6.45) is 0.441. The zero-order valence-electron chi connectivity index (χ0n) is 15.6. The van der Waals surface area contributed by atoms with Crippen LogP contribution in [0.3, 0.4) is 0 Å². The van der Waals surface area contributed by atoms with E-state index < -0.39 is 10.1 Å². The number of hydrogen-bond acceptors (Lipinski definition) is 4. The van der Waals surface area contributed by atoms with E-state index in [0.29, 0.717) is 29.5 Å². The zero-order chi connectivity index (χ0) is 19.2. The van der Waals surface area contributed by atoms with Gasteiger partial charge in [0.1, 0.15) is 5.75 Å². The molecule has 0 N–H and O–H groups in total. The molecule has 142 valence electrons. The molecule has 5 nitrogen and oxygen atoms in total. The molecule has 0 fully saturated rings. The Morgan fingerprint density at radius 2 is 1.84 bits per heavy atom. The molecular weight excluding hydrogens is 362 g/mol. The molecule has 1 amide bonds. The van der Waals surface area contributed by atoms with Crippen LogP contribution in [0.5, 0.6) is 5.75 Å². The normalized spacial score (nSPS) is 11.8. The third kappa shape index (κ3) is 7.65. The first-order chi connectivity index (χ1) is 11.5. The van der Waals surface area contributed by atoms with Crippen molar-refractivity contribution in [2.45, 2.75) is 47.6 Å². The maximum absolute atomic E-state index is 12.6. The highest BCUT2D eigenvalue weighted by molar-refractivity contribution is 7.87. The van der Waals surface area contributed by atoms with Crippen LogP contribution in [0.4, 0.5) is 0 Å². The van der Waals surface area contributed by atoms with Crippen LogP contribution in [-0.4, -0.2) is 31.5 Å². The minimum Gasteiger partial charge on any atom is -0.382 e. The summed E-state index contributed by atoms with van der Waals surface area (Å²) in [5.74, 6) is 0.666. The maximum Gasteiger partial charge on any atom is 0.308 e. The van der Waals surface area contributed by atoms with Crippen LogP contribution in [-0.2, 0) is 21.5 Å². The number of hydrogen-bond donors (Lipinski definition) is 0. The van der Waals surface area contributed by atoms with Gasteiger partial charge >= 0.3 is 10.1 Å². The second kappa shape index (κ2) is 9.43. The average molecular weight is 390 g/mol. The van der Waals surface area contributed by atoms with E-state index >= 15 is 0 Å². The van der Waals surface area contributed by atoms with Gasteiger partial charge < -0.3 is 9.08 Å². The first-order valence-corrected chi connectivity index (χ1v) is 10.5. The highest BCUT2D eigenvalue weighted by atomic mass is 35.5. The Balaban J connectivity index is 3.14. The van der Waals surface area contributed by atoms with Crippen LogP contribution in [0.1, 0.15) is 46.6 Å². The van der Waals surface area contributed by atoms with E-state index in [2.05, 4.69) is 0 Å². The molecule has 7 heteroatoms. The predicted octanol–water partition coefficient (Wildman–Crippen LogP) is 4.10. The van der Waals surface area contributed by atoms with E-state index in [1.54, 1.807) is 17.0 Å². The summed E-state index contributed by atoms with van der Waals surface area (Å²) in [6, 6.07) is 4.76. The quantitative estimate of drug-likeness (QED) is 0.596. The SMILES string of the molecule is CCS(=O)(=O)Oc1ccc(Cl)cc1CN(CC(C)C)C(=O)CC(C)C. The molecule has 0 atom stereocenters. The lowest BCUT2D eigenvalue weighted by Crippen LogP contribution is -2.34. The van der Waals surface area contributed by atoms with Crippen LogP contribution in [0.2, 0.25) is 5.02 Å². The molecule has 0 aliphatic rings. The van der Waals surface area contributed by atoms with E-state index in [0.717, 1.165) is 0 Å². The lowest BCUT2D eigenvalue weighted by molar-refractivity contribution is -0.133. The summed E-state index contributed by atoms with van der Waals surface area (Å²) in [7, 11) is -3.65. The number of halogens is 1. The number of amides is 1. The molecule has 1 aromatic carbocycles. The fourth-order valence-electron chi connectivity index (χ4n) is 2.33.